The van der Waals surface area contributed by atoms with E-state index in [0.717, 1.165) is 58.4 Å². The molecule has 1 fully saturated rings. The van der Waals surface area contributed by atoms with Crippen LogP contribution in [0.5, 0.6) is 0 Å². The molecule has 0 bridgehead atoms. The fourth-order valence-corrected chi connectivity index (χ4v) is 7.04. The minimum atomic E-state index is -0.109. The Kier molecular flexibility index (Phi) is 5.80. The van der Waals surface area contributed by atoms with Crippen molar-refractivity contribution in [3.8, 4) is 0 Å². The van der Waals surface area contributed by atoms with E-state index in [1.54, 1.807) is 7.11 Å². The van der Waals surface area contributed by atoms with Crippen LogP contribution in [0.15, 0.2) is 12.1 Å². The number of amides is 1. The number of fused-ring (bicyclic) bond motifs is 2. The van der Waals surface area contributed by atoms with Gasteiger partial charge in [-0.15, -0.1) is 22.7 Å². The third-order valence-corrected chi connectivity index (χ3v) is 9.08. The Labute approximate surface area is 201 Å². The topological polar surface area (TPSA) is 119 Å². The van der Waals surface area contributed by atoms with Crippen molar-refractivity contribution in [2.75, 3.05) is 37.4 Å². The van der Waals surface area contributed by atoms with Gasteiger partial charge in [0.05, 0.1) is 22.0 Å². The van der Waals surface area contributed by atoms with Gasteiger partial charge in [0.25, 0.3) is 5.91 Å². The lowest BCUT2D eigenvalue weighted by Gasteiger charge is -2.28. The summed E-state index contributed by atoms with van der Waals surface area (Å²) in [6.07, 6.45) is 2.46. The predicted molar refractivity (Wildman–Crippen MR) is 134 cm³/mol. The van der Waals surface area contributed by atoms with Gasteiger partial charge in [0, 0.05) is 43.4 Å². The van der Waals surface area contributed by atoms with Crippen molar-refractivity contribution >= 4 is 49.6 Å². The molecule has 1 aliphatic carbocycles. The fourth-order valence-electron chi connectivity index (χ4n) is 4.95. The Balaban J connectivity index is 1.26. The number of nitrogens with one attached hydrogen (secondary N) is 1. The molecule has 0 spiro atoms. The van der Waals surface area contributed by atoms with Crippen LogP contribution in [0.3, 0.4) is 0 Å². The summed E-state index contributed by atoms with van der Waals surface area (Å²) in [4.78, 5) is 26.0. The number of aryl methyl sites for hydroxylation is 2. The van der Waals surface area contributed by atoms with Crippen LogP contribution in [0.1, 0.15) is 39.3 Å². The molecule has 1 aliphatic heterocycles. The molecule has 3 aromatic heterocycles. The summed E-state index contributed by atoms with van der Waals surface area (Å²) in [5, 5.41) is 4.15. The van der Waals surface area contributed by atoms with Crippen molar-refractivity contribution in [2.45, 2.75) is 45.2 Å². The van der Waals surface area contributed by atoms with Gasteiger partial charge in [-0.1, -0.05) is 13.0 Å². The molecule has 5 N–H and O–H groups in total. The first-order chi connectivity index (χ1) is 15.8. The zero-order valence-corrected chi connectivity index (χ0v) is 20.8. The van der Waals surface area contributed by atoms with Crippen LogP contribution in [-0.2, 0) is 17.6 Å². The zero-order chi connectivity index (χ0) is 23.3. The van der Waals surface area contributed by atoms with Gasteiger partial charge in [0.15, 0.2) is 0 Å². The maximum Gasteiger partial charge on any atom is 0.263 e. The summed E-state index contributed by atoms with van der Waals surface area (Å²) >= 11 is 2.91. The van der Waals surface area contributed by atoms with E-state index in [1.807, 2.05) is 6.92 Å². The molecular formula is C23H30N6O2S2. The maximum atomic E-state index is 12.9. The molecule has 1 amide bonds. The highest BCUT2D eigenvalue weighted by atomic mass is 32.1. The van der Waals surface area contributed by atoms with Crippen molar-refractivity contribution in [1.82, 2.24) is 15.3 Å². The Morgan fingerprint density at radius 2 is 2.18 bits per heavy atom. The van der Waals surface area contributed by atoms with Gasteiger partial charge < -0.3 is 26.4 Å². The van der Waals surface area contributed by atoms with E-state index in [1.165, 1.54) is 28.2 Å². The fraction of sp³-hybridized carbons (Fsp3) is 0.522. The number of carbonyl (C=O) groups excluding carboxylic acids is 1. The highest BCUT2D eigenvalue weighted by Gasteiger charge is 2.41. The van der Waals surface area contributed by atoms with Crippen LogP contribution in [0.4, 0.5) is 11.5 Å². The Hall–Kier alpha value is -2.27. The van der Waals surface area contributed by atoms with Crippen molar-refractivity contribution < 1.29 is 9.53 Å². The molecule has 0 aromatic carbocycles. The summed E-state index contributed by atoms with van der Waals surface area (Å²) in [5.74, 6) is 0.864. The molecule has 5 rings (SSSR count). The second-order valence-corrected chi connectivity index (χ2v) is 11.7. The SMILES string of the molecule is COCC1(C)CN(c2ccc3c(n2)CCC(NC(=O)c2sc4nc(C)sc4c2N)C3)CC1N. The van der Waals surface area contributed by atoms with E-state index in [-0.39, 0.29) is 23.4 Å². The lowest BCUT2D eigenvalue weighted by molar-refractivity contribution is 0.0938. The lowest BCUT2D eigenvalue weighted by atomic mass is 9.87. The average molecular weight is 487 g/mol. The maximum absolute atomic E-state index is 12.9. The van der Waals surface area contributed by atoms with Gasteiger partial charge in [-0.3, -0.25) is 4.79 Å². The number of methoxy groups -OCH3 is 1. The molecule has 3 atom stereocenters. The van der Waals surface area contributed by atoms with Crippen molar-refractivity contribution in [3.63, 3.8) is 0 Å². The normalized spacial score (nSPS) is 24.9. The minimum Gasteiger partial charge on any atom is -0.396 e. The summed E-state index contributed by atoms with van der Waals surface area (Å²) < 4.78 is 6.32. The number of thiophene rings is 1. The average Bonchev–Trinajstić information content (AvgIpc) is 3.39. The number of rotatable bonds is 5. The van der Waals surface area contributed by atoms with E-state index in [4.69, 9.17) is 21.2 Å². The number of ether oxygens (including phenoxy) is 1. The molecule has 3 unspecified atom stereocenters. The molecule has 1 saturated heterocycles. The molecule has 33 heavy (non-hydrogen) atoms. The second-order valence-electron chi connectivity index (χ2n) is 9.47. The van der Waals surface area contributed by atoms with E-state index >= 15 is 0 Å². The number of hydrogen-bond acceptors (Lipinski definition) is 9. The molecule has 8 nitrogen and oxygen atoms in total. The highest BCUT2D eigenvalue weighted by molar-refractivity contribution is 7.29. The number of hydrogen-bond donors (Lipinski definition) is 3. The van der Waals surface area contributed by atoms with Gasteiger partial charge >= 0.3 is 0 Å². The highest BCUT2D eigenvalue weighted by Crippen LogP contribution is 2.37. The van der Waals surface area contributed by atoms with E-state index in [0.29, 0.717) is 17.2 Å². The minimum absolute atomic E-state index is 0.0499. The van der Waals surface area contributed by atoms with Gasteiger partial charge in [-0.05, 0) is 37.8 Å². The number of nitrogens with zero attached hydrogens (tertiary/aromatic N) is 3. The molecule has 10 heteroatoms. The van der Waals surface area contributed by atoms with Gasteiger partial charge in [0.2, 0.25) is 0 Å². The van der Waals surface area contributed by atoms with Crippen molar-refractivity contribution in [3.05, 3.63) is 33.3 Å². The van der Waals surface area contributed by atoms with Crippen LogP contribution in [0, 0.1) is 12.3 Å². The summed E-state index contributed by atoms with van der Waals surface area (Å²) in [7, 11) is 1.72. The quantitative estimate of drug-likeness (QED) is 0.507. The Morgan fingerprint density at radius 3 is 2.94 bits per heavy atom. The number of carbonyl (C=O) groups is 1. The smallest absolute Gasteiger partial charge is 0.263 e. The third-order valence-electron chi connectivity index (χ3n) is 6.84. The van der Waals surface area contributed by atoms with Crippen LogP contribution in [-0.4, -0.2) is 54.8 Å². The van der Waals surface area contributed by atoms with Crippen molar-refractivity contribution in [1.29, 1.82) is 0 Å². The zero-order valence-electron chi connectivity index (χ0n) is 19.2. The van der Waals surface area contributed by atoms with Gasteiger partial charge in [-0.25, -0.2) is 9.97 Å². The summed E-state index contributed by atoms with van der Waals surface area (Å²) in [6, 6.07) is 4.34. The van der Waals surface area contributed by atoms with Crippen LogP contribution in [0.2, 0.25) is 0 Å². The number of nitrogen functional groups attached to an aromatic ring is 1. The van der Waals surface area contributed by atoms with E-state index in [9.17, 15) is 4.79 Å². The number of anilines is 2. The largest absolute Gasteiger partial charge is 0.396 e. The standard InChI is InChI=1S/C23H30N6O2S2/c1-12-26-22-20(32-12)18(25)19(33-22)21(30)27-14-5-6-15-13(8-14)4-7-17(28-15)29-9-16(24)23(2,10-29)11-31-3/h4,7,14,16H,5-6,8-11,24-25H2,1-3H3,(H,27,30). The van der Waals surface area contributed by atoms with Crippen LogP contribution in [0.25, 0.3) is 9.53 Å². The Morgan fingerprint density at radius 1 is 1.36 bits per heavy atom. The molecule has 176 valence electrons. The first kappa shape index (κ1) is 22.5. The van der Waals surface area contributed by atoms with E-state index in [2.05, 4.69) is 34.3 Å². The third kappa shape index (κ3) is 4.09. The predicted octanol–water partition coefficient (Wildman–Crippen LogP) is 2.73. The van der Waals surface area contributed by atoms with Crippen molar-refractivity contribution in [2.24, 2.45) is 11.1 Å². The molecular weight excluding hydrogens is 456 g/mol. The molecule has 4 heterocycles. The van der Waals surface area contributed by atoms with Crippen LogP contribution < -0.4 is 21.7 Å². The molecule has 0 radical (unpaired) electrons. The molecule has 2 aliphatic rings. The summed E-state index contributed by atoms with van der Waals surface area (Å²) in [6.45, 7) is 6.37. The van der Waals surface area contributed by atoms with E-state index < -0.39 is 0 Å². The number of nitrogens with two attached hydrogens (primary N) is 2. The number of thiazole rings is 1. The number of pyridine rings is 1. The molecule has 3 aromatic rings. The van der Waals surface area contributed by atoms with Crippen LogP contribution >= 0.6 is 22.7 Å². The summed E-state index contributed by atoms with van der Waals surface area (Å²) in [5.41, 5.74) is 15.4. The first-order valence-electron chi connectivity index (χ1n) is 11.2. The first-order valence-corrected chi connectivity index (χ1v) is 12.9. The molecule has 0 saturated carbocycles. The number of aromatic nitrogens is 2. The van der Waals surface area contributed by atoms with Gasteiger partial charge in [0.1, 0.15) is 15.5 Å². The van der Waals surface area contributed by atoms with Gasteiger partial charge in [-0.2, -0.15) is 0 Å². The monoisotopic (exact) mass is 486 g/mol. The Bertz CT molecular complexity index is 1210. The second kappa shape index (κ2) is 8.50. The lowest BCUT2D eigenvalue weighted by Crippen LogP contribution is -2.41.